The number of benzene rings is 1. The van der Waals surface area contributed by atoms with Gasteiger partial charge in [-0.25, -0.2) is 0 Å². The molecule has 174 valence electrons. The first-order valence-corrected chi connectivity index (χ1v) is 15.7. The number of hydrogen-bond donors (Lipinski definition) is 0. The van der Waals surface area contributed by atoms with E-state index in [4.69, 9.17) is 0 Å². The van der Waals surface area contributed by atoms with Crippen molar-refractivity contribution >= 4 is 14.9 Å². The van der Waals surface area contributed by atoms with Crippen LogP contribution in [0.4, 0.5) is 8.78 Å². The zero-order valence-corrected chi connectivity index (χ0v) is 20.9. The lowest BCUT2D eigenvalue weighted by Crippen LogP contribution is -2.21. The van der Waals surface area contributed by atoms with Crippen molar-refractivity contribution in [3.05, 3.63) is 41.5 Å². The maximum absolute atomic E-state index is 12.4. The third kappa shape index (κ3) is 8.83. The molecule has 1 saturated heterocycles. The molecule has 0 N–H and O–H groups in total. The van der Waals surface area contributed by atoms with Crippen LogP contribution in [0.5, 0.6) is 0 Å². The topological polar surface area (TPSA) is 0 Å². The van der Waals surface area contributed by atoms with Gasteiger partial charge in [0.1, 0.15) is 0 Å². The Morgan fingerprint density at radius 2 is 1.45 bits per heavy atom. The molecule has 0 spiro atoms. The minimum atomic E-state index is -1.62. The Hall–Kier alpha value is -0.963. The van der Waals surface area contributed by atoms with Crippen LogP contribution < -0.4 is 0 Å². The third-order valence-corrected chi connectivity index (χ3v) is 11.7. The fraction of sp³-hybridized carbons (Fsp3) is 0.714. The fourth-order valence-electron chi connectivity index (χ4n) is 6.13. The molecule has 2 aliphatic rings. The number of halogens is 2. The summed E-state index contributed by atoms with van der Waals surface area (Å²) in [6.07, 6.45) is 17.8. The van der Waals surface area contributed by atoms with Gasteiger partial charge < -0.3 is 0 Å². The predicted octanol–water partition coefficient (Wildman–Crippen LogP) is 9.59. The van der Waals surface area contributed by atoms with Crippen molar-refractivity contribution < 1.29 is 8.78 Å². The summed E-state index contributed by atoms with van der Waals surface area (Å²) in [5.41, 5.74) is 1.94. The maximum atomic E-state index is 12.4. The van der Waals surface area contributed by atoms with Crippen LogP contribution in [0.2, 0.25) is 18.1 Å². The minimum Gasteiger partial charge on any atom is -0.173 e. The second-order valence-electron chi connectivity index (χ2n) is 10.5. The van der Waals surface area contributed by atoms with Crippen LogP contribution in [0.15, 0.2) is 30.3 Å². The molecule has 1 aromatic rings. The molecule has 1 saturated carbocycles. The highest BCUT2D eigenvalue weighted by Crippen LogP contribution is 2.38. The molecule has 1 heterocycles. The summed E-state index contributed by atoms with van der Waals surface area (Å²) in [5, 5.41) is 0. The standard InChI is InChI=1S/C28H44F2Si/c1-2-3-6-19-31-20-17-24(18-21-31)8-5-4-7-23-9-13-26(14-10-23)27-15-11-25(12-16-27)22-28(29)30/h11-12,15-16,22-24,26,31H,2-10,13-14,17-21H2,1H3/t23-,24-,26-,31-. The Morgan fingerprint density at radius 3 is 2.03 bits per heavy atom. The second kappa shape index (κ2) is 13.6. The van der Waals surface area contributed by atoms with E-state index in [1.807, 2.05) is 12.1 Å². The molecule has 0 unspecified atom stereocenters. The summed E-state index contributed by atoms with van der Waals surface area (Å²) in [6.45, 7) is 2.32. The molecule has 1 aromatic carbocycles. The van der Waals surface area contributed by atoms with Crippen LogP contribution in [0.3, 0.4) is 0 Å². The molecule has 1 aliphatic heterocycles. The van der Waals surface area contributed by atoms with E-state index in [1.165, 1.54) is 76.2 Å². The van der Waals surface area contributed by atoms with Gasteiger partial charge in [-0.3, -0.25) is 0 Å². The van der Waals surface area contributed by atoms with E-state index in [-0.39, 0.29) is 8.80 Å². The van der Waals surface area contributed by atoms with E-state index < -0.39 is 6.08 Å². The van der Waals surface area contributed by atoms with Crippen LogP contribution in [-0.4, -0.2) is 8.80 Å². The van der Waals surface area contributed by atoms with Crippen molar-refractivity contribution in [2.45, 2.75) is 114 Å². The molecule has 0 nitrogen and oxygen atoms in total. The number of unbranched alkanes of at least 4 members (excludes halogenated alkanes) is 3. The van der Waals surface area contributed by atoms with Crippen LogP contribution in [0, 0.1) is 11.8 Å². The molecule has 1 aliphatic carbocycles. The van der Waals surface area contributed by atoms with Gasteiger partial charge in [0.2, 0.25) is 0 Å². The molecular formula is C28H44F2Si. The van der Waals surface area contributed by atoms with Crippen LogP contribution in [-0.2, 0) is 0 Å². The molecule has 0 atom stereocenters. The Labute approximate surface area is 191 Å². The van der Waals surface area contributed by atoms with E-state index >= 15 is 0 Å². The average molecular weight is 447 g/mol. The molecule has 3 rings (SSSR count). The van der Waals surface area contributed by atoms with E-state index in [0.717, 1.165) is 17.9 Å². The average Bonchev–Trinajstić information content (AvgIpc) is 2.78. The van der Waals surface area contributed by atoms with Gasteiger partial charge >= 0.3 is 0 Å². The lowest BCUT2D eigenvalue weighted by atomic mass is 9.77. The molecule has 0 amide bonds. The molecule has 2 fully saturated rings. The monoisotopic (exact) mass is 446 g/mol. The summed E-state index contributed by atoms with van der Waals surface area (Å²) in [6, 6.07) is 12.7. The van der Waals surface area contributed by atoms with Gasteiger partial charge in [-0.1, -0.05) is 107 Å². The quantitative estimate of drug-likeness (QED) is 0.234. The minimum absolute atomic E-state index is 0.338. The molecule has 0 bridgehead atoms. The smallest absolute Gasteiger partial charge is 0.173 e. The Bertz CT molecular complexity index is 633. The van der Waals surface area contributed by atoms with Gasteiger partial charge in [-0.15, -0.1) is 0 Å². The Kier molecular flexibility index (Phi) is 10.8. The highest BCUT2D eigenvalue weighted by atomic mass is 28.3. The van der Waals surface area contributed by atoms with Crippen LogP contribution in [0.1, 0.15) is 107 Å². The van der Waals surface area contributed by atoms with Crippen molar-refractivity contribution in [3.8, 4) is 0 Å². The van der Waals surface area contributed by atoms with Crippen molar-refractivity contribution in [2.24, 2.45) is 11.8 Å². The van der Waals surface area contributed by atoms with E-state index in [1.54, 1.807) is 31.0 Å². The summed E-state index contributed by atoms with van der Waals surface area (Å²) in [4.78, 5) is 0. The molecular weight excluding hydrogens is 402 g/mol. The van der Waals surface area contributed by atoms with Gasteiger partial charge in [-0.2, -0.15) is 8.78 Å². The lowest BCUT2D eigenvalue weighted by molar-refractivity contribution is 0.297. The largest absolute Gasteiger partial charge is 0.270 e. The van der Waals surface area contributed by atoms with Crippen molar-refractivity contribution in [1.82, 2.24) is 0 Å². The predicted molar refractivity (Wildman–Crippen MR) is 134 cm³/mol. The van der Waals surface area contributed by atoms with Crippen molar-refractivity contribution in [2.75, 3.05) is 0 Å². The van der Waals surface area contributed by atoms with Gasteiger partial charge in [0.15, 0.2) is 0 Å². The van der Waals surface area contributed by atoms with E-state index in [2.05, 4.69) is 19.1 Å². The van der Waals surface area contributed by atoms with Gasteiger partial charge in [-0.05, 0) is 54.6 Å². The van der Waals surface area contributed by atoms with E-state index in [9.17, 15) is 8.78 Å². The molecule has 0 radical (unpaired) electrons. The Balaban J connectivity index is 1.25. The first-order valence-electron chi connectivity index (χ1n) is 13.3. The van der Waals surface area contributed by atoms with Crippen molar-refractivity contribution in [3.63, 3.8) is 0 Å². The van der Waals surface area contributed by atoms with Gasteiger partial charge in [0, 0.05) is 14.9 Å². The zero-order chi connectivity index (χ0) is 21.9. The summed E-state index contributed by atoms with van der Waals surface area (Å²) in [7, 11) is -0.338. The van der Waals surface area contributed by atoms with Gasteiger partial charge in [0.25, 0.3) is 6.08 Å². The zero-order valence-electron chi connectivity index (χ0n) is 19.8. The number of rotatable bonds is 11. The molecule has 0 aromatic heterocycles. The maximum Gasteiger partial charge on any atom is 0.270 e. The number of hydrogen-bond acceptors (Lipinski definition) is 0. The van der Waals surface area contributed by atoms with Gasteiger partial charge in [0.05, 0.1) is 0 Å². The Morgan fingerprint density at radius 1 is 0.839 bits per heavy atom. The highest BCUT2D eigenvalue weighted by molar-refractivity contribution is 6.58. The first kappa shape index (κ1) is 24.7. The third-order valence-electron chi connectivity index (χ3n) is 8.19. The van der Waals surface area contributed by atoms with Crippen LogP contribution >= 0.6 is 0 Å². The second-order valence-corrected chi connectivity index (χ2v) is 13.9. The molecule has 3 heteroatoms. The first-order chi connectivity index (χ1) is 15.1. The highest BCUT2D eigenvalue weighted by Gasteiger charge is 2.23. The SMILES string of the molecule is CCCCC[Si@H]1CC[C@H](CCCC[C@H]2CC[C@H](c3ccc(C=C(F)F)cc3)CC2)CC1. The van der Waals surface area contributed by atoms with Crippen LogP contribution in [0.25, 0.3) is 6.08 Å². The van der Waals surface area contributed by atoms with Crippen molar-refractivity contribution in [1.29, 1.82) is 0 Å². The van der Waals surface area contributed by atoms with E-state index in [0.29, 0.717) is 11.5 Å². The summed E-state index contributed by atoms with van der Waals surface area (Å²) < 4.78 is 24.8. The molecule has 31 heavy (non-hydrogen) atoms. The summed E-state index contributed by atoms with van der Waals surface area (Å²) in [5.74, 6) is 2.59. The summed E-state index contributed by atoms with van der Waals surface area (Å²) >= 11 is 0. The lowest BCUT2D eigenvalue weighted by Gasteiger charge is -2.30. The fourth-order valence-corrected chi connectivity index (χ4v) is 9.75. The normalized spacial score (nSPS) is 26.5.